The van der Waals surface area contributed by atoms with Crippen LogP contribution in [-0.2, 0) is 10.2 Å². The van der Waals surface area contributed by atoms with Crippen LogP contribution in [0, 0.1) is 5.41 Å². The monoisotopic (exact) mass is 286 g/mol. The molecule has 0 unspecified atom stereocenters. The SMILES string of the molecule is NCC1(CNC(=O)C2(c3ccccc3)CC2)CCCCC1. The molecule has 114 valence electrons. The van der Waals surface area contributed by atoms with Gasteiger partial charge in [-0.15, -0.1) is 0 Å². The summed E-state index contributed by atoms with van der Waals surface area (Å²) >= 11 is 0. The fourth-order valence-electron chi connectivity index (χ4n) is 3.72. The molecule has 0 spiro atoms. The van der Waals surface area contributed by atoms with Crippen LogP contribution in [0.1, 0.15) is 50.5 Å². The van der Waals surface area contributed by atoms with Crippen molar-refractivity contribution >= 4 is 5.91 Å². The number of carbonyl (C=O) groups is 1. The van der Waals surface area contributed by atoms with E-state index in [9.17, 15) is 4.79 Å². The van der Waals surface area contributed by atoms with Gasteiger partial charge in [0, 0.05) is 6.54 Å². The van der Waals surface area contributed by atoms with Crippen molar-refractivity contribution in [2.24, 2.45) is 11.1 Å². The summed E-state index contributed by atoms with van der Waals surface area (Å²) in [5.41, 5.74) is 7.05. The van der Waals surface area contributed by atoms with Gasteiger partial charge in [0.05, 0.1) is 5.41 Å². The van der Waals surface area contributed by atoms with E-state index in [1.54, 1.807) is 0 Å². The fourth-order valence-corrected chi connectivity index (χ4v) is 3.72. The molecule has 0 aliphatic heterocycles. The lowest BCUT2D eigenvalue weighted by Gasteiger charge is -2.36. The Balaban J connectivity index is 1.64. The van der Waals surface area contributed by atoms with Crippen molar-refractivity contribution in [1.29, 1.82) is 0 Å². The Hall–Kier alpha value is -1.35. The van der Waals surface area contributed by atoms with Gasteiger partial charge in [0.25, 0.3) is 0 Å². The molecule has 0 saturated heterocycles. The molecule has 2 aliphatic carbocycles. The van der Waals surface area contributed by atoms with Gasteiger partial charge in [0.1, 0.15) is 0 Å². The Morgan fingerprint density at radius 3 is 2.29 bits per heavy atom. The van der Waals surface area contributed by atoms with E-state index in [1.165, 1.54) is 19.3 Å². The molecule has 1 amide bonds. The predicted molar refractivity (Wildman–Crippen MR) is 84.9 cm³/mol. The molecule has 1 aromatic carbocycles. The highest BCUT2D eigenvalue weighted by molar-refractivity contribution is 5.91. The highest BCUT2D eigenvalue weighted by atomic mass is 16.2. The van der Waals surface area contributed by atoms with Gasteiger partial charge in [-0.3, -0.25) is 4.79 Å². The first kappa shape index (κ1) is 14.6. The summed E-state index contributed by atoms with van der Waals surface area (Å²) in [5.74, 6) is 0.201. The van der Waals surface area contributed by atoms with Crippen molar-refractivity contribution in [3.63, 3.8) is 0 Å². The third kappa shape index (κ3) is 2.84. The maximum atomic E-state index is 12.7. The Bertz CT molecular complexity index is 487. The van der Waals surface area contributed by atoms with E-state index < -0.39 is 0 Å². The molecule has 0 atom stereocenters. The zero-order chi connectivity index (χ0) is 14.8. The number of nitrogens with one attached hydrogen (secondary N) is 1. The number of rotatable bonds is 5. The van der Waals surface area contributed by atoms with E-state index in [-0.39, 0.29) is 16.7 Å². The Kier molecular flexibility index (Phi) is 4.03. The van der Waals surface area contributed by atoms with Gasteiger partial charge >= 0.3 is 0 Å². The molecular weight excluding hydrogens is 260 g/mol. The lowest BCUT2D eigenvalue weighted by molar-refractivity contribution is -0.124. The maximum Gasteiger partial charge on any atom is 0.230 e. The van der Waals surface area contributed by atoms with E-state index in [0.717, 1.165) is 37.8 Å². The molecular formula is C18H26N2O. The molecule has 2 aliphatic rings. The first-order valence-corrected chi connectivity index (χ1v) is 8.25. The lowest BCUT2D eigenvalue weighted by atomic mass is 9.74. The quantitative estimate of drug-likeness (QED) is 0.874. The van der Waals surface area contributed by atoms with Crippen LogP contribution < -0.4 is 11.1 Å². The van der Waals surface area contributed by atoms with Gasteiger partial charge in [0.15, 0.2) is 0 Å². The number of hydrogen-bond donors (Lipinski definition) is 2. The van der Waals surface area contributed by atoms with Gasteiger partial charge in [-0.05, 0) is 43.2 Å². The Morgan fingerprint density at radius 1 is 1.05 bits per heavy atom. The normalized spacial score (nSPS) is 22.5. The molecule has 2 saturated carbocycles. The molecule has 0 aromatic heterocycles. The van der Waals surface area contributed by atoms with Gasteiger partial charge in [0.2, 0.25) is 5.91 Å². The topological polar surface area (TPSA) is 55.1 Å². The van der Waals surface area contributed by atoms with Gasteiger partial charge in [-0.25, -0.2) is 0 Å². The van der Waals surface area contributed by atoms with Crippen LogP contribution in [-0.4, -0.2) is 19.0 Å². The highest BCUT2D eigenvalue weighted by Gasteiger charge is 2.51. The van der Waals surface area contributed by atoms with Crippen LogP contribution in [0.4, 0.5) is 0 Å². The maximum absolute atomic E-state index is 12.7. The number of carbonyl (C=O) groups excluding carboxylic acids is 1. The standard InChI is InChI=1S/C18H26N2O/c19-13-17(9-5-2-6-10-17)14-20-16(21)18(11-12-18)15-7-3-1-4-8-15/h1,3-4,7-8H,2,5-6,9-14,19H2,(H,20,21). The van der Waals surface area contributed by atoms with Crippen LogP contribution in [0.25, 0.3) is 0 Å². The van der Waals surface area contributed by atoms with Gasteiger partial charge in [-0.1, -0.05) is 49.6 Å². The molecule has 2 fully saturated rings. The summed E-state index contributed by atoms with van der Waals surface area (Å²) in [6.07, 6.45) is 8.05. The van der Waals surface area contributed by atoms with Crippen molar-refractivity contribution < 1.29 is 4.79 Å². The molecule has 3 N–H and O–H groups in total. The minimum atomic E-state index is -0.258. The Labute approximate surface area is 127 Å². The van der Waals surface area contributed by atoms with Crippen LogP contribution in [0.5, 0.6) is 0 Å². The predicted octanol–water partition coefficient (Wildman–Crippen LogP) is 2.74. The number of benzene rings is 1. The summed E-state index contributed by atoms with van der Waals surface area (Å²) < 4.78 is 0. The van der Waals surface area contributed by atoms with E-state index >= 15 is 0 Å². The smallest absolute Gasteiger partial charge is 0.230 e. The van der Waals surface area contributed by atoms with Crippen molar-refractivity contribution in [3.8, 4) is 0 Å². The van der Waals surface area contributed by atoms with E-state index in [0.29, 0.717) is 6.54 Å². The van der Waals surface area contributed by atoms with Crippen molar-refractivity contribution in [1.82, 2.24) is 5.32 Å². The molecule has 3 rings (SSSR count). The summed E-state index contributed by atoms with van der Waals surface area (Å²) in [5, 5.41) is 3.23. The van der Waals surface area contributed by atoms with Crippen LogP contribution in [0.15, 0.2) is 30.3 Å². The zero-order valence-electron chi connectivity index (χ0n) is 12.7. The summed E-state index contributed by atoms with van der Waals surface area (Å²) in [6.45, 7) is 1.43. The largest absolute Gasteiger partial charge is 0.355 e. The van der Waals surface area contributed by atoms with E-state index in [4.69, 9.17) is 5.73 Å². The van der Waals surface area contributed by atoms with Crippen LogP contribution >= 0.6 is 0 Å². The van der Waals surface area contributed by atoms with Crippen molar-refractivity contribution in [2.45, 2.75) is 50.4 Å². The van der Waals surface area contributed by atoms with Crippen molar-refractivity contribution in [3.05, 3.63) is 35.9 Å². The Morgan fingerprint density at radius 2 is 1.71 bits per heavy atom. The third-order valence-electron chi connectivity index (χ3n) is 5.48. The van der Waals surface area contributed by atoms with Crippen LogP contribution in [0.2, 0.25) is 0 Å². The molecule has 1 aromatic rings. The minimum absolute atomic E-state index is 0.140. The second-order valence-electron chi connectivity index (χ2n) is 6.90. The minimum Gasteiger partial charge on any atom is -0.355 e. The summed E-state index contributed by atoms with van der Waals surface area (Å²) in [7, 11) is 0. The fraction of sp³-hybridized carbons (Fsp3) is 0.611. The highest BCUT2D eigenvalue weighted by Crippen LogP contribution is 2.48. The number of amides is 1. The van der Waals surface area contributed by atoms with Gasteiger partial charge in [-0.2, -0.15) is 0 Å². The number of nitrogens with two attached hydrogens (primary N) is 1. The van der Waals surface area contributed by atoms with Crippen LogP contribution in [0.3, 0.4) is 0 Å². The first-order valence-electron chi connectivity index (χ1n) is 8.25. The molecule has 0 bridgehead atoms. The average molecular weight is 286 g/mol. The van der Waals surface area contributed by atoms with Gasteiger partial charge < -0.3 is 11.1 Å². The van der Waals surface area contributed by atoms with E-state index in [1.807, 2.05) is 18.2 Å². The lowest BCUT2D eigenvalue weighted by Crippen LogP contribution is -2.46. The summed E-state index contributed by atoms with van der Waals surface area (Å²) in [6, 6.07) is 10.2. The average Bonchev–Trinajstić information content (AvgIpc) is 3.36. The second kappa shape index (κ2) is 5.80. The third-order valence-corrected chi connectivity index (χ3v) is 5.48. The summed E-state index contributed by atoms with van der Waals surface area (Å²) in [4.78, 5) is 12.7. The molecule has 0 heterocycles. The molecule has 3 nitrogen and oxygen atoms in total. The molecule has 0 radical (unpaired) electrons. The molecule has 21 heavy (non-hydrogen) atoms. The zero-order valence-corrected chi connectivity index (χ0v) is 12.7. The molecule has 3 heteroatoms. The van der Waals surface area contributed by atoms with E-state index in [2.05, 4.69) is 17.4 Å². The number of hydrogen-bond acceptors (Lipinski definition) is 2. The first-order chi connectivity index (χ1) is 10.2. The second-order valence-corrected chi connectivity index (χ2v) is 6.90. The van der Waals surface area contributed by atoms with Crippen molar-refractivity contribution in [2.75, 3.05) is 13.1 Å².